The highest BCUT2D eigenvalue weighted by Gasteiger charge is 2.31. The quantitative estimate of drug-likeness (QED) is 0.277. The second-order valence-corrected chi connectivity index (χ2v) is 5.89. The van der Waals surface area contributed by atoms with Crippen molar-refractivity contribution in [1.29, 1.82) is 0 Å². The van der Waals surface area contributed by atoms with Gasteiger partial charge in [0.05, 0.1) is 18.2 Å². The summed E-state index contributed by atoms with van der Waals surface area (Å²) < 4.78 is 43.0. The van der Waals surface area contributed by atoms with E-state index in [0.29, 0.717) is 38.2 Å². The number of aliphatic imine (C=N–C) groups is 1. The van der Waals surface area contributed by atoms with Crippen molar-refractivity contribution < 1.29 is 23.0 Å². The van der Waals surface area contributed by atoms with E-state index in [4.69, 9.17) is 16.3 Å². The van der Waals surface area contributed by atoms with Crippen LogP contribution in [-0.2, 0) is 6.18 Å². The van der Waals surface area contributed by atoms with Crippen molar-refractivity contribution in [2.45, 2.75) is 25.6 Å². The summed E-state index contributed by atoms with van der Waals surface area (Å²) in [5.74, 6) is 0.598. The summed E-state index contributed by atoms with van der Waals surface area (Å²) in [7, 11) is 0. The first-order valence-corrected chi connectivity index (χ1v) is 8.26. The number of alkyl halides is 3. The molecular weight excluding hydrogens is 488 g/mol. The maximum Gasteiger partial charge on any atom is 0.417 e. The standard InChI is InChI=1S/C15H20ClF3N4O2.HI/c1-2-20-14(23-5-3-11(24)9-23)21-4-6-25-13-12(16)7-10(8-22-13)15(17,18)19;/h7-8,11,24H,2-6,9H2,1H3,(H,20,21);1H/t11-;/m1./s1. The van der Waals surface area contributed by atoms with Crippen LogP contribution in [0.4, 0.5) is 13.2 Å². The number of likely N-dealkylation sites (tertiary alicyclic amines) is 1. The molecule has 2 N–H and O–H groups in total. The zero-order valence-corrected chi connectivity index (χ0v) is 17.2. The van der Waals surface area contributed by atoms with E-state index in [0.717, 1.165) is 6.07 Å². The van der Waals surface area contributed by atoms with Crippen molar-refractivity contribution in [3.8, 4) is 5.88 Å². The van der Waals surface area contributed by atoms with Crippen molar-refractivity contribution in [3.05, 3.63) is 22.8 Å². The first-order valence-electron chi connectivity index (χ1n) is 7.88. The summed E-state index contributed by atoms with van der Waals surface area (Å²) in [5.41, 5.74) is -0.926. The second-order valence-electron chi connectivity index (χ2n) is 5.48. The average molecular weight is 509 g/mol. The molecular formula is C15H21ClF3IN4O2. The molecule has 11 heteroatoms. The smallest absolute Gasteiger partial charge is 0.417 e. The van der Waals surface area contributed by atoms with E-state index in [-0.39, 0.29) is 54.1 Å². The fraction of sp³-hybridized carbons (Fsp3) is 0.600. The number of pyridine rings is 1. The van der Waals surface area contributed by atoms with E-state index in [9.17, 15) is 18.3 Å². The van der Waals surface area contributed by atoms with Gasteiger partial charge in [-0.15, -0.1) is 24.0 Å². The number of guanidine groups is 1. The van der Waals surface area contributed by atoms with Gasteiger partial charge in [-0.1, -0.05) is 11.6 Å². The third-order valence-corrected chi connectivity index (χ3v) is 3.79. The maximum absolute atomic E-state index is 12.6. The van der Waals surface area contributed by atoms with E-state index >= 15 is 0 Å². The summed E-state index contributed by atoms with van der Waals surface area (Å²) in [5, 5.41) is 12.5. The van der Waals surface area contributed by atoms with Gasteiger partial charge in [0.25, 0.3) is 0 Å². The van der Waals surface area contributed by atoms with Crippen LogP contribution < -0.4 is 10.1 Å². The van der Waals surface area contributed by atoms with Gasteiger partial charge in [-0.05, 0) is 19.4 Å². The van der Waals surface area contributed by atoms with E-state index in [1.807, 2.05) is 11.8 Å². The van der Waals surface area contributed by atoms with E-state index in [2.05, 4.69) is 15.3 Å². The topological polar surface area (TPSA) is 70.0 Å². The number of nitrogens with one attached hydrogen (secondary N) is 1. The zero-order chi connectivity index (χ0) is 18.4. The molecule has 6 nitrogen and oxygen atoms in total. The number of hydrogen-bond donors (Lipinski definition) is 2. The molecule has 0 bridgehead atoms. The van der Waals surface area contributed by atoms with Gasteiger partial charge in [0.2, 0.25) is 5.88 Å². The number of nitrogens with zero attached hydrogens (tertiary/aromatic N) is 3. The highest BCUT2D eigenvalue weighted by Crippen LogP contribution is 2.33. The lowest BCUT2D eigenvalue weighted by Crippen LogP contribution is -2.40. The number of aromatic nitrogens is 1. The Morgan fingerprint density at radius 3 is 2.81 bits per heavy atom. The largest absolute Gasteiger partial charge is 0.475 e. The Morgan fingerprint density at radius 1 is 1.54 bits per heavy atom. The molecule has 1 aliphatic rings. The van der Waals surface area contributed by atoms with Gasteiger partial charge < -0.3 is 20.1 Å². The van der Waals surface area contributed by atoms with Gasteiger partial charge in [0.15, 0.2) is 5.96 Å². The van der Waals surface area contributed by atoms with Crippen molar-refractivity contribution in [1.82, 2.24) is 15.2 Å². The molecule has 0 unspecified atom stereocenters. The second kappa shape index (κ2) is 10.4. The molecule has 0 aromatic carbocycles. The van der Waals surface area contributed by atoms with Crippen molar-refractivity contribution in [2.75, 3.05) is 32.8 Å². The van der Waals surface area contributed by atoms with Crippen LogP contribution in [0.2, 0.25) is 5.02 Å². The lowest BCUT2D eigenvalue weighted by molar-refractivity contribution is -0.137. The fourth-order valence-electron chi connectivity index (χ4n) is 2.34. The number of aliphatic hydroxyl groups excluding tert-OH is 1. The van der Waals surface area contributed by atoms with Crippen molar-refractivity contribution >= 4 is 41.5 Å². The van der Waals surface area contributed by atoms with Gasteiger partial charge >= 0.3 is 6.18 Å². The van der Waals surface area contributed by atoms with Crippen molar-refractivity contribution in [3.63, 3.8) is 0 Å². The number of hydrogen-bond acceptors (Lipinski definition) is 4. The van der Waals surface area contributed by atoms with Gasteiger partial charge in [-0.3, -0.25) is 0 Å². The SMILES string of the molecule is CCNC(=NCCOc1ncc(C(F)(F)F)cc1Cl)N1CC[C@@H](O)C1.I. The molecule has 0 radical (unpaired) electrons. The van der Waals surface area contributed by atoms with Crippen molar-refractivity contribution in [2.24, 2.45) is 4.99 Å². The summed E-state index contributed by atoms with van der Waals surface area (Å²) in [4.78, 5) is 9.92. The molecule has 0 spiro atoms. The summed E-state index contributed by atoms with van der Waals surface area (Å²) >= 11 is 5.77. The Hall–Kier alpha value is -1.01. The molecule has 2 rings (SSSR count). The van der Waals surface area contributed by atoms with Crippen LogP contribution in [0.1, 0.15) is 18.9 Å². The Kier molecular flexibility index (Phi) is 9.17. The first kappa shape index (κ1) is 23.0. The van der Waals surface area contributed by atoms with Crippen LogP contribution in [-0.4, -0.2) is 59.8 Å². The molecule has 1 saturated heterocycles. The van der Waals surface area contributed by atoms with Crippen LogP contribution in [0, 0.1) is 0 Å². The highest BCUT2D eigenvalue weighted by atomic mass is 127. The van der Waals surface area contributed by atoms with Crippen LogP contribution in [0.25, 0.3) is 0 Å². The molecule has 148 valence electrons. The van der Waals surface area contributed by atoms with Gasteiger partial charge in [0.1, 0.15) is 11.6 Å². The minimum Gasteiger partial charge on any atom is -0.475 e. The lowest BCUT2D eigenvalue weighted by Gasteiger charge is -2.20. The van der Waals surface area contributed by atoms with Crippen LogP contribution in [0.5, 0.6) is 5.88 Å². The molecule has 26 heavy (non-hydrogen) atoms. The molecule has 1 fully saturated rings. The van der Waals surface area contributed by atoms with E-state index in [1.165, 1.54) is 0 Å². The van der Waals surface area contributed by atoms with Gasteiger partial charge in [0, 0.05) is 25.8 Å². The molecule has 0 amide bonds. The van der Waals surface area contributed by atoms with Crippen LogP contribution in [0.15, 0.2) is 17.3 Å². The fourth-order valence-corrected chi connectivity index (χ4v) is 2.56. The lowest BCUT2D eigenvalue weighted by atomic mass is 10.3. The zero-order valence-electron chi connectivity index (χ0n) is 14.1. The molecule has 0 saturated carbocycles. The number of ether oxygens (including phenoxy) is 1. The Labute approximate surface area is 171 Å². The molecule has 1 aliphatic heterocycles. The number of β-amino-alcohol motifs (C(OH)–C–C–N with tert-alkyl or cyclic N) is 1. The van der Waals surface area contributed by atoms with E-state index in [1.54, 1.807) is 0 Å². The molecule has 0 aliphatic carbocycles. The van der Waals surface area contributed by atoms with Gasteiger partial charge in [-0.25, -0.2) is 9.98 Å². The Balaban J connectivity index is 0.00000338. The molecule has 1 aromatic heterocycles. The number of halogens is 5. The third kappa shape index (κ3) is 6.62. The predicted molar refractivity (Wildman–Crippen MR) is 103 cm³/mol. The molecule has 1 aromatic rings. The third-order valence-electron chi connectivity index (χ3n) is 3.52. The minimum absolute atomic E-state index is 0. The minimum atomic E-state index is -4.50. The monoisotopic (exact) mass is 508 g/mol. The predicted octanol–water partition coefficient (Wildman–Crippen LogP) is 2.78. The maximum atomic E-state index is 12.6. The normalized spacial score (nSPS) is 17.8. The highest BCUT2D eigenvalue weighted by molar-refractivity contribution is 14.0. The summed E-state index contributed by atoms with van der Waals surface area (Å²) in [6.07, 6.45) is -3.50. The van der Waals surface area contributed by atoms with E-state index < -0.39 is 11.7 Å². The molecule has 2 heterocycles. The first-order chi connectivity index (χ1) is 11.8. The summed E-state index contributed by atoms with van der Waals surface area (Å²) in [6.45, 7) is 4.22. The Bertz CT molecular complexity index is 619. The summed E-state index contributed by atoms with van der Waals surface area (Å²) in [6, 6.07) is 0.781. The number of rotatable bonds is 5. The molecule has 1 atom stereocenters. The van der Waals surface area contributed by atoms with Gasteiger partial charge in [-0.2, -0.15) is 13.2 Å². The average Bonchev–Trinajstić information content (AvgIpc) is 2.97. The van der Waals surface area contributed by atoms with Crippen LogP contribution in [0.3, 0.4) is 0 Å². The number of aliphatic hydroxyl groups is 1. The Morgan fingerprint density at radius 2 is 2.27 bits per heavy atom. The van der Waals surface area contributed by atoms with Crippen LogP contribution >= 0.6 is 35.6 Å².